The number of benzene rings is 1. The molecule has 3 heterocycles. The molecule has 1 saturated heterocycles. The maximum Gasteiger partial charge on any atom is 0.339 e. The van der Waals surface area contributed by atoms with Gasteiger partial charge in [-0.05, 0) is 44.5 Å². The van der Waals surface area contributed by atoms with Crippen LogP contribution in [0.5, 0.6) is 0 Å². The molecule has 9 nitrogen and oxygen atoms in total. The molecule has 34 heavy (non-hydrogen) atoms. The third kappa shape index (κ3) is 4.58. The molecule has 0 amide bonds. The van der Waals surface area contributed by atoms with E-state index in [1.165, 1.54) is 31.0 Å². The van der Waals surface area contributed by atoms with Crippen molar-refractivity contribution >= 4 is 29.5 Å². The fourth-order valence-corrected chi connectivity index (χ4v) is 4.89. The Hall–Kier alpha value is -3.18. The second-order valence-electron chi connectivity index (χ2n) is 7.94. The molecule has 1 aliphatic heterocycles. The third-order valence-corrected chi connectivity index (χ3v) is 6.74. The minimum absolute atomic E-state index is 0.192. The lowest BCUT2D eigenvalue weighted by Crippen LogP contribution is -2.37. The first-order valence-electron chi connectivity index (χ1n) is 10.8. The lowest BCUT2D eigenvalue weighted by atomic mass is 10.1. The Labute approximate surface area is 200 Å². The number of methoxy groups -OCH3 is 1. The summed E-state index contributed by atoms with van der Waals surface area (Å²) in [5.41, 5.74) is 2.39. The number of hydrogen-bond acceptors (Lipinski definition) is 8. The number of Topliss-reactive ketones (excluding diaryl/α,β-unsaturated/α-hetero) is 1. The number of aromatic amines is 1. The molecule has 1 aliphatic rings. The first-order valence-corrected chi connectivity index (χ1v) is 11.7. The number of esters is 1. The maximum atomic E-state index is 14.1. The summed E-state index contributed by atoms with van der Waals surface area (Å²) in [6, 6.07) is 6.17. The Bertz CT molecular complexity index is 1220. The van der Waals surface area contributed by atoms with Crippen molar-refractivity contribution in [1.82, 2.24) is 19.7 Å². The summed E-state index contributed by atoms with van der Waals surface area (Å²) in [5, 5.41) is 8.60. The van der Waals surface area contributed by atoms with Gasteiger partial charge in [-0.15, -0.1) is 10.2 Å². The van der Waals surface area contributed by atoms with Crippen LogP contribution in [0.2, 0.25) is 0 Å². The average molecular weight is 488 g/mol. The number of rotatable bonds is 7. The molecule has 0 saturated carbocycles. The van der Waals surface area contributed by atoms with E-state index in [0.717, 1.165) is 0 Å². The van der Waals surface area contributed by atoms with E-state index in [1.54, 1.807) is 37.5 Å². The number of anilines is 1. The summed E-state index contributed by atoms with van der Waals surface area (Å²) in [6.45, 7) is 7.57. The van der Waals surface area contributed by atoms with Crippen molar-refractivity contribution < 1.29 is 23.5 Å². The van der Waals surface area contributed by atoms with Gasteiger partial charge in [0.2, 0.25) is 5.95 Å². The number of H-pyrrole nitrogens is 1. The predicted molar refractivity (Wildman–Crippen MR) is 126 cm³/mol. The Morgan fingerprint density at radius 3 is 2.65 bits per heavy atom. The molecule has 3 aromatic rings. The number of hydrogen-bond donors (Lipinski definition) is 1. The molecule has 180 valence electrons. The van der Waals surface area contributed by atoms with Gasteiger partial charge in [0.1, 0.15) is 5.82 Å². The molecule has 4 rings (SSSR count). The van der Waals surface area contributed by atoms with Gasteiger partial charge in [0.25, 0.3) is 0 Å². The summed E-state index contributed by atoms with van der Waals surface area (Å²) in [6.07, 6.45) is 0. The van der Waals surface area contributed by atoms with Crippen LogP contribution in [0.4, 0.5) is 10.3 Å². The molecule has 1 atom stereocenters. The van der Waals surface area contributed by atoms with E-state index >= 15 is 0 Å². The minimum Gasteiger partial charge on any atom is -0.465 e. The number of aromatic nitrogens is 4. The van der Waals surface area contributed by atoms with Gasteiger partial charge in [0, 0.05) is 18.8 Å². The van der Waals surface area contributed by atoms with Crippen LogP contribution < -0.4 is 4.90 Å². The van der Waals surface area contributed by atoms with Crippen molar-refractivity contribution in [2.45, 2.75) is 31.2 Å². The number of carbonyl (C=O) groups excluding carboxylic acids is 2. The number of ketones is 1. The van der Waals surface area contributed by atoms with Crippen LogP contribution >= 0.6 is 11.8 Å². The molecular formula is C23H26FN5O4S. The highest BCUT2D eigenvalue weighted by Gasteiger charge is 2.29. The lowest BCUT2D eigenvalue weighted by molar-refractivity contribution is 0.0599. The summed E-state index contributed by atoms with van der Waals surface area (Å²) in [5.74, 6) is -0.503. The molecule has 1 unspecified atom stereocenters. The Kier molecular flexibility index (Phi) is 7.03. The highest BCUT2D eigenvalue weighted by molar-refractivity contribution is 8.00. The lowest BCUT2D eigenvalue weighted by Gasteiger charge is -2.28. The zero-order valence-corrected chi connectivity index (χ0v) is 20.2. The number of nitrogens with zero attached hydrogens (tertiary/aromatic N) is 4. The van der Waals surface area contributed by atoms with Crippen LogP contribution in [-0.4, -0.2) is 70.2 Å². The van der Waals surface area contributed by atoms with Crippen molar-refractivity contribution in [2.75, 3.05) is 38.3 Å². The fraction of sp³-hybridized carbons (Fsp3) is 0.391. The number of ether oxygens (including phenoxy) is 2. The van der Waals surface area contributed by atoms with Gasteiger partial charge in [0.15, 0.2) is 10.9 Å². The second-order valence-corrected chi connectivity index (χ2v) is 9.25. The number of thioether (sulfide) groups is 1. The number of nitrogens with one attached hydrogen (secondary N) is 1. The number of carbonyl (C=O) groups is 2. The first kappa shape index (κ1) is 24.0. The van der Waals surface area contributed by atoms with Crippen molar-refractivity contribution in [3.05, 3.63) is 52.6 Å². The molecule has 1 N–H and O–H groups in total. The molecule has 0 radical (unpaired) electrons. The van der Waals surface area contributed by atoms with Crippen LogP contribution in [0, 0.1) is 19.7 Å². The van der Waals surface area contributed by atoms with Crippen LogP contribution in [-0.2, 0) is 9.47 Å². The monoisotopic (exact) mass is 487 g/mol. The summed E-state index contributed by atoms with van der Waals surface area (Å²) in [4.78, 5) is 30.5. The van der Waals surface area contributed by atoms with Gasteiger partial charge in [-0.25, -0.2) is 9.18 Å². The quantitative estimate of drug-likeness (QED) is 0.308. The van der Waals surface area contributed by atoms with Crippen LogP contribution in [0.1, 0.15) is 39.0 Å². The Morgan fingerprint density at radius 1 is 1.24 bits per heavy atom. The van der Waals surface area contributed by atoms with Crippen molar-refractivity contribution in [3.8, 4) is 5.69 Å². The number of morpholine rings is 1. The summed E-state index contributed by atoms with van der Waals surface area (Å²) >= 11 is 1.22. The molecule has 0 spiro atoms. The van der Waals surface area contributed by atoms with Crippen LogP contribution in [0.3, 0.4) is 0 Å². The summed E-state index contributed by atoms with van der Waals surface area (Å²) in [7, 11) is 1.31. The number of aryl methyl sites for hydroxylation is 1. The standard InChI is InChI=1S/C23H26FN5O4S/c1-13-18(21(31)32-4)14(2)25-19(13)20(30)15(3)34-23-27-26-22(28-8-10-33-11-9-28)29(23)17-7-5-6-16(24)12-17/h5-7,12,15,25H,8-11H2,1-4H3. The Morgan fingerprint density at radius 2 is 1.97 bits per heavy atom. The smallest absolute Gasteiger partial charge is 0.339 e. The highest BCUT2D eigenvalue weighted by Crippen LogP contribution is 2.32. The van der Waals surface area contributed by atoms with Crippen molar-refractivity contribution in [1.29, 1.82) is 0 Å². The minimum atomic E-state index is -0.559. The molecule has 1 fully saturated rings. The van der Waals surface area contributed by atoms with E-state index < -0.39 is 11.2 Å². The zero-order chi connectivity index (χ0) is 24.4. The topological polar surface area (TPSA) is 102 Å². The van der Waals surface area contributed by atoms with Gasteiger partial charge in [0.05, 0.1) is 42.5 Å². The third-order valence-electron chi connectivity index (χ3n) is 5.70. The van der Waals surface area contributed by atoms with E-state index in [4.69, 9.17) is 9.47 Å². The van der Waals surface area contributed by atoms with Crippen LogP contribution in [0.15, 0.2) is 29.4 Å². The molecule has 0 aliphatic carbocycles. The van der Waals surface area contributed by atoms with Crippen LogP contribution in [0.25, 0.3) is 5.69 Å². The Balaban J connectivity index is 1.67. The van der Waals surface area contributed by atoms with E-state index in [0.29, 0.717) is 65.6 Å². The van der Waals surface area contributed by atoms with Crippen molar-refractivity contribution in [3.63, 3.8) is 0 Å². The van der Waals surface area contributed by atoms with Gasteiger partial charge in [-0.1, -0.05) is 17.8 Å². The first-order chi connectivity index (χ1) is 16.3. The van der Waals surface area contributed by atoms with E-state index in [1.807, 2.05) is 4.90 Å². The van der Waals surface area contributed by atoms with E-state index in [-0.39, 0.29) is 11.6 Å². The van der Waals surface area contributed by atoms with Gasteiger partial charge in [-0.3, -0.25) is 9.36 Å². The molecule has 11 heteroatoms. The maximum absolute atomic E-state index is 14.1. The highest BCUT2D eigenvalue weighted by atomic mass is 32.2. The van der Waals surface area contributed by atoms with E-state index in [2.05, 4.69) is 15.2 Å². The molecule has 2 aromatic heterocycles. The average Bonchev–Trinajstić information content (AvgIpc) is 3.38. The molecule has 0 bridgehead atoms. The normalized spacial score (nSPS) is 14.8. The fourth-order valence-electron chi connectivity index (χ4n) is 3.97. The predicted octanol–water partition coefficient (Wildman–Crippen LogP) is 3.34. The number of halogens is 1. The molecule has 1 aromatic carbocycles. The van der Waals surface area contributed by atoms with Gasteiger partial charge in [-0.2, -0.15) is 0 Å². The summed E-state index contributed by atoms with van der Waals surface area (Å²) < 4.78 is 26.1. The second kappa shape index (κ2) is 9.98. The largest absolute Gasteiger partial charge is 0.465 e. The molecular weight excluding hydrogens is 461 g/mol. The zero-order valence-electron chi connectivity index (χ0n) is 19.4. The van der Waals surface area contributed by atoms with Gasteiger partial charge < -0.3 is 19.4 Å². The van der Waals surface area contributed by atoms with Crippen molar-refractivity contribution in [2.24, 2.45) is 0 Å². The SMILES string of the molecule is COC(=O)c1c(C)[nH]c(C(=O)C(C)Sc2nnc(N3CCOCC3)n2-c2cccc(F)c2)c1C. The van der Waals surface area contributed by atoms with Gasteiger partial charge >= 0.3 is 5.97 Å². The van der Waals surface area contributed by atoms with E-state index in [9.17, 15) is 14.0 Å².